The fourth-order valence-corrected chi connectivity index (χ4v) is 3.41. The van der Waals surface area contributed by atoms with Crippen LogP contribution in [-0.4, -0.2) is 43.8 Å². The highest BCUT2D eigenvalue weighted by Gasteiger charge is 2.29. The van der Waals surface area contributed by atoms with Crippen LogP contribution in [0.4, 0.5) is 4.79 Å². The first kappa shape index (κ1) is 20.2. The van der Waals surface area contributed by atoms with E-state index in [-0.39, 0.29) is 10.9 Å². The number of amides is 1. The lowest BCUT2D eigenvalue weighted by atomic mass is 10.0. The molecule has 1 saturated heterocycles. The summed E-state index contributed by atoms with van der Waals surface area (Å²) in [6, 6.07) is 6.22. The van der Waals surface area contributed by atoms with Crippen LogP contribution in [0.25, 0.3) is 0 Å². The highest BCUT2D eigenvalue weighted by molar-refractivity contribution is 7.89. The van der Waals surface area contributed by atoms with Crippen molar-refractivity contribution in [3.8, 4) is 0 Å². The number of carbonyl (C=O) groups excluding carboxylic acids is 1. The second kappa shape index (κ2) is 8.07. The molecule has 2 rings (SSSR count). The van der Waals surface area contributed by atoms with Crippen molar-refractivity contribution in [3.05, 3.63) is 29.8 Å². The summed E-state index contributed by atoms with van der Waals surface area (Å²) in [7, 11) is -3.73. The van der Waals surface area contributed by atoms with E-state index in [9.17, 15) is 13.2 Å². The fraction of sp³-hybridized carbons (Fsp3) is 0.556. The van der Waals surface area contributed by atoms with Gasteiger partial charge in [-0.15, -0.1) is 0 Å². The van der Waals surface area contributed by atoms with Gasteiger partial charge in [0.2, 0.25) is 0 Å². The van der Waals surface area contributed by atoms with Crippen LogP contribution < -0.4 is 4.83 Å². The first-order chi connectivity index (χ1) is 12.1. The maximum Gasteiger partial charge on any atom is 0.410 e. The molecule has 26 heavy (non-hydrogen) atoms. The first-order valence-corrected chi connectivity index (χ1v) is 10.2. The normalized spacial score (nSPS) is 18.8. The standard InChI is InChI=1S/C18H27N3O4S/c1-14-8-10-16(11-9-14)26(23,24)20-19-13-15-7-5-6-12-21(15)17(22)25-18(2,3)4/h8-11,13,15,20H,5-7,12H2,1-4H3. The Morgan fingerprint density at radius 3 is 2.54 bits per heavy atom. The smallest absolute Gasteiger partial charge is 0.410 e. The van der Waals surface area contributed by atoms with E-state index in [0.717, 1.165) is 24.8 Å². The minimum absolute atomic E-state index is 0.146. The summed E-state index contributed by atoms with van der Waals surface area (Å²) in [5.74, 6) is 0. The third kappa shape index (κ3) is 5.72. The van der Waals surface area contributed by atoms with Gasteiger partial charge in [-0.05, 0) is 59.1 Å². The number of nitrogens with zero attached hydrogens (tertiary/aromatic N) is 2. The molecule has 0 saturated carbocycles. The molecule has 8 heteroatoms. The molecule has 1 aliphatic rings. The molecule has 0 radical (unpaired) electrons. The Kier molecular flexibility index (Phi) is 6.28. The number of ether oxygens (including phenoxy) is 1. The average molecular weight is 381 g/mol. The zero-order chi connectivity index (χ0) is 19.4. The van der Waals surface area contributed by atoms with Gasteiger partial charge in [-0.2, -0.15) is 13.5 Å². The maximum absolute atomic E-state index is 12.3. The summed E-state index contributed by atoms with van der Waals surface area (Å²) in [5.41, 5.74) is 0.395. The molecule has 1 fully saturated rings. The molecule has 1 N–H and O–H groups in total. The lowest BCUT2D eigenvalue weighted by Crippen LogP contribution is -2.47. The van der Waals surface area contributed by atoms with Gasteiger partial charge in [0.1, 0.15) is 5.60 Å². The Bertz CT molecular complexity index is 752. The maximum atomic E-state index is 12.3. The Labute approximate surface area is 155 Å². The SMILES string of the molecule is Cc1ccc(S(=O)(=O)NN=CC2CCCCN2C(=O)OC(C)(C)C)cc1. The van der Waals surface area contributed by atoms with E-state index < -0.39 is 21.7 Å². The minimum Gasteiger partial charge on any atom is -0.444 e. The third-order valence-electron chi connectivity index (χ3n) is 3.93. The van der Waals surface area contributed by atoms with Crippen LogP contribution in [-0.2, 0) is 14.8 Å². The van der Waals surface area contributed by atoms with Gasteiger partial charge in [-0.3, -0.25) is 0 Å². The van der Waals surface area contributed by atoms with Gasteiger partial charge in [-0.1, -0.05) is 17.7 Å². The topological polar surface area (TPSA) is 88.1 Å². The highest BCUT2D eigenvalue weighted by Crippen LogP contribution is 2.19. The van der Waals surface area contributed by atoms with Gasteiger partial charge in [0.15, 0.2) is 0 Å². The van der Waals surface area contributed by atoms with Crippen molar-refractivity contribution in [1.29, 1.82) is 0 Å². The summed E-state index contributed by atoms with van der Waals surface area (Å²) in [6.07, 6.45) is 3.61. The number of hydrogen-bond acceptors (Lipinski definition) is 5. The van der Waals surface area contributed by atoms with Crippen LogP contribution in [0.1, 0.15) is 45.6 Å². The second-order valence-corrected chi connectivity index (χ2v) is 9.08. The van der Waals surface area contributed by atoms with E-state index in [4.69, 9.17) is 4.74 Å². The molecule has 0 spiro atoms. The van der Waals surface area contributed by atoms with E-state index in [0.29, 0.717) is 6.54 Å². The van der Waals surface area contributed by atoms with E-state index >= 15 is 0 Å². The molecule has 1 aliphatic heterocycles. The lowest BCUT2D eigenvalue weighted by Gasteiger charge is -2.34. The molecule has 0 bridgehead atoms. The first-order valence-electron chi connectivity index (χ1n) is 8.70. The van der Waals surface area contributed by atoms with Crippen LogP contribution in [0.3, 0.4) is 0 Å². The monoisotopic (exact) mass is 381 g/mol. The third-order valence-corrected chi connectivity index (χ3v) is 5.17. The molecule has 0 aliphatic carbocycles. The minimum atomic E-state index is -3.73. The number of hydrazone groups is 1. The summed E-state index contributed by atoms with van der Waals surface area (Å²) in [5, 5.41) is 3.88. The van der Waals surface area contributed by atoms with Gasteiger partial charge < -0.3 is 9.64 Å². The largest absolute Gasteiger partial charge is 0.444 e. The number of nitrogens with one attached hydrogen (secondary N) is 1. The molecular formula is C18H27N3O4S. The van der Waals surface area contributed by atoms with E-state index in [1.54, 1.807) is 17.0 Å². The molecule has 1 aromatic carbocycles. The van der Waals surface area contributed by atoms with Gasteiger partial charge in [-0.25, -0.2) is 9.63 Å². The summed E-state index contributed by atoms with van der Waals surface area (Å²) < 4.78 is 29.9. The van der Waals surface area contributed by atoms with Crippen molar-refractivity contribution < 1.29 is 17.9 Å². The molecule has 0 aromatic heterocycles. The van der Waals surface area contributed by atoms with Crippen molar-refractivity contribution >= 4 is 22.3 Å². The van der Waals surface area contributed by atoms with E-state index in [1.807, 2.05) is 27.7 Å². The van der Waals surface area contributed by atoms with Crippen molar-refractivity contribution in [1.82, 2.24) is 9.73 Å². The lowest BCUT2D eigenvalue weighted by molar-refractivity contribution is 0.0171. The summed E-state index contributed by atoms with van der Waals surface area (Å²) in [6.45, 7) is 7.89. The second-order valence-electron chi connectivity index (χ2n) is 7.42. The molecule has 1 aromatic rings. The van der Waals surface area contributed by atoms with Crippen LogP contribution in [0.15, 0.2) is 34.3 Å². The Morgan fingerprint density at radius 2 is 1.92 bits per heavy atom. The quantitative estimate of drug-likeness (QED) is 0.641. The average Bonchev–Trinajstić information content (AvgIpc) is 2.54. The van der Waals surface area contributed by atoms with Crippen LogP contribution >= 0.6 is 0 Å². The van der Waals surface area contributed by atoms with Gasteiger partial charge in [0.05, 0.1) is 10.9 Å². The summed E-state index contributed by atoms with van der Waals surface area (Å²) >= 11 is 0. The molecular weight excluding hydrogens is 354 g/mol. The van der Waals surface area contributed by atoms with Crippen LogP contribution in [0.2, 0.25) is 0 Å². The number of benzene rings is 1. The Hall–Kier alpha value is -2.09. The molecule has 1 atom stereocenters. The van der Waals surface area contributed by atoms with Crippen molar-refractivity contribution in [2.75, 3.05) is 6.54 Å². The van der Waals surface area contributed by atoms with Gasteiger partial charge in [0.25, 0.3) is 10.0 Å². The number of carbonyl (C=O) groups is 1. The molecule has 1 unspecified atom stereocenters. The van der Waals surface area contributed by atoms with E-state index in [2.05, 4.69) is 9.93 Å². The molecule has 144 valence electrons. The van der Waals surface area contributed by atoms with Crippen molar-refractivity contribution in [3.63, 3.8) is 0 Å². The Morgan fingerprint density at radius 1 is 1.27 bits per heavy atom. The fourth-order valence-electron chi connectivity index (χ4n) is 2.62. The van der Waals surface area contributed by atoms with Gasteiger partial charge in [0, 0.05) is 12.8 Å². The highest BCUT2D eigenvalue weighted by atomic mass is 32.2. The number of piperidine rings is 1. The Balaban J connectivity index is 2.04. The zero-order valence-corrected chi connectivity index (χ0v) is 16.5. The number of aryl methyl sites for hydroxylation is 1. The summed E-state index contributed by atoms with van der Waals surface area (Å²) in [4.78, 5) is 16.3. The number of likely N-dealkylation sites (tertiary alicyclic amines) is 1. The zero-order valence-electron chi connectivity index (χ0n) is 15.7. The van der Waals surface area contributed by atoms with Crippen LogP contribution in [0, 0.1) is 6.92 Å². The predicted octanol–water partition coefficient (Wildman–Crippen LogP) is 3.05. The molecule has 1 amide bonds. The number of hydrogen-bond donors (Lipinski definition) is 1. The van der Waals surface area contributed by atoms with E-state index in [1.165, 1.54) is 18.3 Å². The predicted molar refractivity (Wildman–Crippen MR) is 101 cm³/mol. The molecule has 7 nitrogen and oxygen atoms in total. The van der Waals surface area contributed by atoms with Crippen molar-refractivity contribution in [2.24, 2.45) is 5.10 Å². The molecule has 1 heterocycles. The van der Waals surface area contributed by atoms with Crippen LogP contribution in [0.5, 0.6) is 0 Å². The number of rotatable bonds is 4. The number of sulfonamides is 1. The van der Waals surface area contributed by atoms with Crippen molar-refractivity contribution in [2.45, 2.75) is 63.5 Å². The van der Waals surface area contributed by atoms with Gasteiger partial charge >= 0.3 is 6.09 Å².